The monoisotopic (exact) mass is 420 g/mol. The summed E-state index contributed by atoms with van der Waals surface area (Å²) in [5, 5.41) is 9.58. The average molecular weight is 421 g/mol. The Bertz CT molecular complexity index is 914. The summed E-state index contributed by atoms with van der Waals surface area (Å²) in [5.41, 5.74) is 3.22. The van der Waals surface area contributed by atoms with E-state index < -0.39 is 9.84 Å². The zero-order valence-corrected chi connectivity index (χ0v) is 18.9. The van der Waals surface area contributed by atoms with Crippen molar-refractivity contribution < 1.29 is 13.2 Å². The SMILES string of the molecule is Cc1cc(/C=C(/C#N)C(=O)N2CCN(CCS(C)(=O)=O)CC2)c(C)n1CC(C)C. The second kappa shape index (κ2) is 9.59. The first-order valence-electron chi connectivity index (χ1n) is 9.99. The molecule has 1 saturated heterocycles. The molecule has 0 aliphatic carbocycles. The molecule has 8 heteroatoms. The summed E-state index contributed by atoms with van der Waals surface area (Å²) in [6.45, 7) is 12.0. The van der Waals surface area contributed by atoms with Gasteiger partial charge in [0, 0.05) is 56.9 Å². The van der Waals surface area contributed by atoms with Crippen LogP contribution < -0.4 is 0 Å². The number of aryl methyl sites for hydroxylation is 1. The maximum Gasteiger partial charge on any atom is 0.264 e. The first-order chi connectivity index (χ1) is 13.5. The lowest BCUT2D eigenvalue weighted by Gasteiger charge is -2.34. The van der Waals surface area contributed by atoms with Crippen molar-refractivity contribution in [3.05, 3.63) is 28.6 Å². The van der Waals surface area contributed by atoms with Crippen LogP contribution in [0.3, 0.4) is 0 Å². The second-order valence-electron chi connectivity index (χ2n) is 8.26. The van der Waals surface area contributed by atoms with Gasteiger partial charge in [-0.25, -0.2) is 8.42 Å². The quantitative estimate of drug-likeness (QED) is 0.496. The van der Waals surface area contributed by atoms with Crippen LogP contribution in [0.4, 0.5) is 0 Å². The van der Waals surface area contributed by atoms with Crippen LogP contribution in [0.15, 0.2) is 11.6 Å². The lowest BCUT2D eigenvalue weighted by molar-refractivity contribution is -0.128. The van der Waals surface area contributed by atoms with E-state index in [9.17, 15) is 18.5 Å². The topological polar surface area (TPSA) is 86.4 Å². The van der Waals surface area contributed by atoms with E-state index in [2.05, 4.69) is 24.5 Å². The van der Waals surface area contributed by atoms with Crippen LogP contribution in [-0.2, 0) is 21.2 Å². The van der Waals surface area contributed by atoms with E-state index in [-0.39, 0.29) is 17.2 Å². The summed E-state index contributed by atoms with van der Waals surface area (Å²) in [7, 11) is -3.00. The minimum atomic E-state index is -3.00. The van der Waals surface area contributed by atoms with E-state index in [1.807, 2.05) is 24.8 Å². The summed E-state index contributed by atoms with van der Waals surface area (Å²) in [4.78, 5) is 16.6. The van der Waals surface area contributed by atoms with Crippen molar-refractivity contribution in [2.24, 2.45) is 5.92 Å². The zero-order valence-electron chi connectivity index (χ0n) is 18.1. The van der Waals surface area contributed by atoms with Crippen LogP contribution in [0.25, 0.3) is 6.08 Å². The molecule has 2 rings (SSSR count). The van der Waals surface area contributed by atoms with E-state index in [1.54, 1.807) is 11.0 Å². The molecule has 1 aromatic rings. The van der Waals surface area contributed by atoms with Crippen molar-refractivity contribution >= 4 is 21.8 Å². The number of carbonyl (C=O) groups is 1. The molecule has 0 saturated carbocycles. The summed E-state index contributed by atoms with van der Waals surface area (Å²) >= 11 is 0. The Morgan fingerprint density at radius 2 is 1.86 bits per heavy atom. The summed E-state index contributed by atoms with van der Waals surface area (Å²) < 4.78 is 24.9. The molecule has 160 valence electrons. The molecule has 0 N–H and O–H groups in total. The number of sulfone groups is 1. The molecule has 0 atom stereocenters. The summed E-state index contributed by atoms with van der Waals surface area (Å²) in [6, 6.07) is 4.09. The lowest BCUT2D eigenvalue weighted by Crippen LogP contribution is -2.49. The molecule has 2 heterocycles. The van der Waals surface area contributed by atoms with Crippen LogP contribution in [0, 0.1) is 31.1 Å². The van der Waals surface area contributed by atoms with Crippen LogP contribution >= 0.6 is 0 Å². The van der Waals surface area contributed by atoms with Gasteiger partial charge in [0.15, 0.2) is 0 Å². The molecular formula is C21H32N4O3S. The highest BCUT2D eigenvalue weighted by molar-refractivity contribution is 7.90. The molecule has 1 aliphatic heterocycles. The van der Waals surface area contributed by atoms with Gasteiger partial charge >= 0.3 is 0 Å². The fourth-order valence-corrected chi connectivity index (χ4v) is 4.15. The Morgan fingerprint density at radius 1 is 1.24 bits per heavy atom. The van der Waals surface area contributed by atoms with Crippen molar-refractivity contribution in [2.75, 3.05) is 44.7 Å². The van der Waals surface area contributed by atoms with Crippen LogP contribution in [0.1, 0.15) is 30.8 Å². The average Bonchev–Trinajstić information content (AvgIpc) is 2.90. The number of hydrogen-bond acceptors (Lipinski definition) is 5. The lowest BCUT2D eigenvalue weighted by atomic mass is 10.1. The molecule has 1 aromatic heterocycles. The van der Waals surface area contributed by atoms with Gasteiger partial charge in [0.2, 0.25) is 0 Å². The van der Waals surface area contributed by atoms with Crippen LogP contribution in [-0.4, -0.2) is 73.4 Å². The third kappa shape index (κ3) is 6.44. The predicted octanol–water partition coefficient (Wildman–Crippen LogP) is 1.86. The van der Waals surface area contributed by atoms with E-state index >= 15 is 0 Å². The van der Waals surface area contributed by atoms with Gasteiger partial charge in [0.25, 0.3) is 5.91 Å². The molecule has 1 aliphatic rings. The molecule has 0 unspecified atom stereocenters. The minimum Gasteiger partial charge on any atom is -0.348 e. The number of carbonyl (C=O) groups excluding carboxylic acids is 1. The highest BCUT2D eigenvalue weighted by Crippen LogP contribution is 2.20. The largest absolute Gasteiger partial charge is 0.348 e. The van der Waals surface area contributed by atoms with Gasteiger partial charge in [0.05, 0.1) is 5.75 Å². The fraction of sp³-hybridized carbons (Fsp3) is 0.619. The Balaban J connectivity index is 2.08. The predicted molar refractivity (Wildman–Crippen MR) is 115 cm³/mol. The maximum atomic E-state index is 12.9. The third-order valence-electron chi connectivity index (χ3n) is 5.25. The van der Waals surface area contributed by atoms with Gasteiger partial charge in [-0.1, -0.05) is 13.8 Å². The normalized spacial score (nSPS) is 16.3. The molecule has 0 aromatic carbocycles. The van der Waals surface area contributed by atoms with Gasteiger partial charge < -0.3 is 9.47 Å². The fourth-order valence-electron chi connectivity index (χ4n) is 3.56. The van der Waals surface area contributed by atoms with E-state index in [4.69, 9.17) is 0 Å². The Morgan fingerprint density at radius 3 is 2.38 bits per heavy atom. The number of amides is 1. The van der Waals surface area contributed by atoms with Gasteiger partial charge in [-0.2, -0.15) is 5.26 Å². The second-order valence-corrected chi connectivity index (χ2v) is 10.5. The Labute approximate surface area is 174 Å². The highest BCUT2D eigenvalue weighted by Gasteiger charge is 2.24. The first-order valence-corrected chi connectivity index (χ1v) is 12.1. The molecular weight excluding hydrogens is 388 g/mol. The van der Waals surface area contributed by atoms with Crippen molar-refractivity contribution in [1.29, 1.82) is 5.26 Å². The number of nitrogens with zero attached hydrogens (tertiary/aromatic N) is 4. The number of piperazine rings is 1. The van der Waals surface area contributed by atoms with E-state index in [1.165, 1.54) is 6.26 Å². The minimum absolute atomic E-state index is 0.121. The van der Waals surface area contributed by atoms with E-state index in [0.717, 1.165) is 23.5 Å². The molecule has 1 amide bonds. The Hall–Kier alpha value is -2.11. The summed E-state index contributed by atoms with van der Waals surface area (Å²) in [6.07, 6.45) is 2.92. The molecule has 1 fully saturated rings. The Kier molecular flexibility index (Phi) is 7.66. The van der Waals surface area contributed by atoms with Crippen molar-refractivity contribution in [3.63, 3.8) is 0 Å². The smallest absolute Gasteiger partial charge is 0.264 e. The molecule has 0 radical (unpaired) electrons. The first kappa shape index (κ1) is 23.2. The maximum absolute atomic E-state index is 12.9. The third-order valence-corrected chi connectivity index (χ3v) is 6.17. The number of aromatic nitrogens is 1. The van der Waals surface area contributed by atoms with Crippen LogP contribution in [0.5, 0.6) is 0 Å². The van der Waals surface area contributed by atoms with Gasteiger partial charge in [-0.15, -0.1) is 0 Å². The molecule has 29 heavy (non-hydrogen) atoms. The molecule has 0 spiro atoms. The van der Waals surface area contributed by atoms with Crippen molar-refractivity contribution in [2.45, 2.75) is 34.2 Å². The van der Waals surface area contributed by atoms with Gasteiger partial charge in [0.1, 0.15) is 21.5 Å². The zero-order chi connectivity index (χ0) is 21.8. The number of nitriles is 1. The highest BCUT2D eigenvalue weighted by atomic mass is 32.2. The molecule has 7 nitrogen and oxygen atoms in total. The van der Waals surface area contributed by atoms with Crippen molar-refractivity contribution in [3.8, 4) is 6.07 Å². The molecule has 0 bridgehead atoms. The number of rotatable bonds is 7. The van der Waals surface area contributed by atoms with E-state index in [0.29, 0.717) is 38.6 Å². The summed E-state index contributed by atoms with van der Waals surface area (Å²) in [5.74, 6) is 0.368. The number of hydrogen-bond donors (Lipinski definition) is 0. The van der Waals surface area contributed by atoms with Crippen LogP contribution in [0.2, 0.25) is 0 Å². The van der Waals surface area contributed by atoms with Gasteiger partial charge in [-0.3, -0.25) is 9.69 Å². The van der Waals surface area contributed by atoms with Crippen molar-refractivity contribution in [1.82, 2.24) is 14.4 Å². The standard InChI is InChI=1S/C21H32N4O3S/c1-16(2)15-25-17(3)12-19(18(25)4)13-20(14-22)21(26)24-8-6-23(7-9-24)10-11-29(5,27)28/h12-13,16H,6-11,15H2,1-5H3/b20-13-. The van der Waals surface area contributed by atoms with Gasteiger partial charge in [-0.05, 0) is 37.5 Å².